The van der Waals surface area contributed by atoms with Gasteiger partial charge < -0.3 is 10.6 Å². The van der Waals surface area contributed by atoms with Gasteiger partial charge in [-0.2, -0.15) is 5.26 Å². The Labute approximate surface area is 155 Å². The monoisotopic (exact) mass is 363 g/mol. The van der Waals surface area contributed by atoms with Crippen LogP contribution in [-0.2, 0) is 0 Å². The van der Waals surface area contributed by atoms with Crippen molar-refractivity contribution >= 4 is 34.7 Å². The first kappa shape index (κ1) is 17.4. The molecular formula is C19H14ClN5O. The number of nitriles is 1. The number of hydrogen-bond acceptors (Lipinski definition) is 5. The van der Waals surface area contributed by atoms with Crippen molar-refractivity contribution in [2.75, 3.05) is 10.6 Å². The SMILES string of the molecule is Cc1nc(Nc2ccc(C#N)cc2)cc(C(=O)Nc2ccc(Cl)cc2)n1. The molecular weight excluding hydrogens is 350 g/mol. The lowest BCUT2D eigenvalue weighted by Gasteiger charge is -2.09. The van der Waals surface area contributed by atoms with E-state index in [9.17, 15) is 4.79 Å². The molecule has 1 heterocycles. The fourth-order valence-electron chi connectivity index (χ4n) is 2.25. The maximum Gasteiger partial charge on any atom is 0.274 e. The quantitative estimate of drug-likeness (QED) is 0.720. The molecule has 7 heteroatoms. The van der Waals surface area contributed by atoms with Gasteiger partial charge >= 0.3 is 0 Å². The lowest BCUT2D eigenvalue weighted by atomic mass is 10.2. The first-order valence-electron chi connectivity index (χ1n) is 7.73. The standard InChI is InChI=1S/C19H14ClN5O/c1-12-22-17(19(26)25-16-8-4-14(20)5-9-16)10-18(23-12)24-15-6-2-13(11-21)3-7-15/h2-10H,1H3,(H,25,26)(H,22,23,24). The number of anilines is 3. The van der Waals surface area contributed by atoms with E-state index in [1.807, 2.05) is 0 Å². The van der Waals surface area contributed by atoms with E-state index < -0.39 is 0 Å². The molecule has 2 N–H and O–H groups in total. The zero-order valence-corrected chi connectivity index (χ0v) is 14.6. The number of aromatic nitrogens is 2. The molecule has 2 aromatic carbocycles. The number of carbonyl (C=O) groups is 1. The van der Waals surface area contributed by atoms with Crippen LogP contribution in [0.4, 0.5) is 17.2 Å². The summed E-state index contributed by atoms with van der Waals surface area (Å²) < 4.78 is 0. The molecule has 3 rings (SSSR count). The summed E-state index contributed by atoms with van der Waals surface area (Å²) in [5.74, 6) is 0.606. The first-order chi connectivity index (χ1) is 12.5. The molecule has 3 aromatic rings. The van der Waals surface area contributed by atoms with Gasteiger partial charge in [0.05, 0.1) is 11.6 Å². The Hall–Kier alpha value is -3.43. The van der Waals surface area contributed by atoms with Crippen molar-refractivity contribution in [1.29, 1.82) is 5.26 Å². The number of nitrogens with zero attached hydrogens (tertiary/aromatic N) is 3. The molecule has 128 valence electrons. The highest BCUT2D eigenvalue weighted by atomic mass is 35.5. The summed E-state index contributed by atoms with van der Waals surface area (Å²) in [7, 11) is 0. The second-order valence-corrected chi connectivity index (χ2v) is 5.90. The summed E-state index contributed by atoms with van der Waals surface area (Å²) in [6.07, 6.45) is 0. The summed E-state index contributed by atoms with van der Waals surface area (Å²) in [5, 5.41) is 15.3. The number of nitrogens with one attached hydrogen (secondary N) is 2. The van der Waals surface area contributed by atoms with Crippen LogP contribution in [0.15, 0.2) is 54.6 Å². The van der Waals surface area contributed by atoms with E-state index in [2.05, 4.69) is 26.7 Å². The zero-order chi connectivity index (χ0) is 18.5. The Morgan fingerprint density at radius 1 is 1.04 bits per heavy atom. The van der Waals surface area contributed by atoms with Gasteiger partial charge in [0.25, 0.3) is 5.91 Å². The maximum absolute atomic E-state index is 12.4. The first-order valence-corrected chi connectivity index (χ1v) is 8.11. The van der Waals surface area contributed by atoms with Crippen LogP contribution in [0, 0.1) is 18.3 Å². The molecule has 1 aromatic heterocycles. The molecule has 0 aliphatic carbocycles. The number of hydrogen-bond donors (Lipinski definition) is 2. The number of carbonyl (C=O) groups excluding carboxylic acids is 1. The molecule has 0 bridgehead atoms. The van der Waals surface area contributed by atoms with E-state index in [-0.39, 0.29) is 11.6 Å². The average molecular weight is 364 g/mol. The molecule has 0 radical (unpaired) electrons. The molecule has 0 atom stereocenters. The van der Waals surface area contributed by atoms with Gasteiger partial charge in [0.1, 0.15) is 17.3 Å². The van der Waals surface area contributed by atoms with Crippen LogP contribution in [0.1, 0.15) is 21.9 Å². The highest BCUT2D eigenvalue weighted by Gasteiger charge is 2.11. The van der Waals surface area contributed by atoms with Gasteiger partial charge in [0.2, 0.25) is 0 Å². The normalized spacial score (nSPS) is 10.0. The second kappa shape index (κ2) is 7.64. The largest absolute Gasteiger partial charge is 0.340 e. The molecule has 0 unspecified atom stereocenters. The third kappa shape index (κ3) is 4.35. The lowest BCUT2D eigenvalue weighted by molar-refractivity contribution is 0.102. The minimum absolute atomic E-state index is 0.239. The van der Waals surface area contributed by atoms with Gasteiger partial charge in [-0.25, -0.2) is 9.97 Å². The van der Waals surface area contributed by atoms with E-state index in [4.69, 9.17) is 16.9 Å². The van der Waals surface area contributed by atoms with Gasteiger partial charge in [-0.1, -0.05) is 11.6 Å². The number of benzene rings is 2. The van der Waals surface area contributed by atoms with E-state index in [1.165, 1.54) is 0 Å². The Morgan fingerprint density at radius 3 is 2.35 bits per heavy atom. The van der Waals surface area contributed by atoms with Crippen LogP contribution in [0.5, 0.6) is 0 Å². The van der Waals surface area contributed by atoms with E-state index in [0.29, 0.717) is 27.9 Å². The van der Waals surface area contributed by atoms with Crippen molar-refractivity contribution in [3.63, 3.8) is 0 Å². The molecule has 0 fully saturated rings. The van der Waals surface area contributed by atoms with Gasteiger partial charge in [-0.3, -0.25) is 4.79 Å². The highest BCUT2D eigenvalue weighted by molar-refractivity contribution is 6.30. The van der Waals surface area contributed by atoms with Crippen molar-refractivity contribution in [3.8, 4) is 6.07 Å². The van der Waals surface area contributed by atoms with Crippen molar-refractivity contribution in [2.24, 2.45) is 0 Å². The van der Waals surface area contributed by atoms with Crippen LogP contribution >= 0.6 is 11.6 Å². The van der Waals surface area contributed by atoms with E-state index in [1.54, 1.807) is 61.5 Å². The molecule has 0 saturated heterocycles. The Kier molecular flexibility index (Phi) is 5.11. The maximum atomic E-state index is 12.4. The second-order valence-electron chi connectivity index (χ2n) is 5.46. The molecule has 0 spiro atoms. The fourth-order valence-corrected chi connectivity index (χ4v) is 2.38. The Balaban J connectivity index is 1.79. The van der Waals surface area contributed by atoms with Gasteiger partial charge in [0.15, 0.2) is 0 Å². The van der Waals surface area contributed by atoms with Crippen LogP contribution in [0.3, 0.4) is 0 Å². The number of halogens is 1. The van der Waals surface area contributed by atoms with E-state index in [0.717, 1.165) is 5.69 Å². The summed E-state index contributed by atoms with van der Waals surface area (Å²) in [6.45, 7) is 1.71. The topological polar surface area (TPSA) is 90.7 Å². The van der Waals surface area contributed by atoms with Crippen LogP contribution in [0.2, 0.25) is 5.02 Å². The fraction of sp³-hybridized carbons (Fsp3) is 0.0526. The Morgan fingerprint density at radius 2 is 1.69 bits per heavy atom. The van der Waals surface area contributed by atoms with Crippen LogP contribution in [-0.4, -0.2) is 15.9 Å². The zero-order valence-electron chi connectivity index (χ0n) is 13.8. The smallest absolute Gasteiger partial charge is 0.274 e. The lowest BCUT2D eigenvalue weighted by Crippen LogP contribution is -2.15. The molecule has 0 aliphatic heterocycles. The van der Waals surface area contributed by atoms with Gasteiger partial charge in [0, 0.05) is 22.5 Å². The van der Waals surface area contributed by atoms with Crippen molar-refractivity contribution < 1.29 is 4.79 Å². The number of aryl methyl sites for hydroxylation is 1. The number of rotatable bonds is 4. The summed E-state index contributed by atoms with van der Waals surface area (Å²) in [6, 6.07) is 17.4. The van der Waals surface area contributed by atoms with Crippen molar-refractivity contribution in [2.45, 2.75) is 6.92 Å². The molecule has 0 aliphatic rings. The molecule has 0 saturated carbocycles. The average Bonchev–Trinajstić information content (AvgIpc) is 2.64. The third-order valence-electron chi connectivity index (χ3n) is 3.46. The third-order valence-corrected chi connectivity index (χ3v) is 3.71. The van der Waals surface area contributed by atoms with Crippen molar-refractivity contribution in [3.05, 3.63) is 76.7 Å². The minimum Gasteiger partial charge on any atom is -0.340 e. The van der Waals surface area contributed by atoms with Crippen LogP contribution < -0.4 is 10.6 Å². The van der Waals surface area contributed by atoms with Gasteiger partial charge in [-0.05, 0) is 55.5 Å². The predicted octanol–water partition coefficient (Wildman–Crippen LogP) is 4.31. The minimum atomic E-state index is -0.347. The molecule has 6 nitrogen and oxygen atoms in total. The van der Waals surface area contributed by atoms with Gasteiger partial charge in [-0.15, -0.1) is 0 Å². The van der Waals surface area contributed by atoms with Crippen molar-refractivity contribution in [1.82, 2.24) is 9.97 Å². The summed E-state index contributed by atoms with van der Waals surface area (Å²) in [4.78, 5) is 20.9. The summed E-state index contributed by atoms with van der Waals surface area (Å²) in [5.41, 5.74) is 2.18. The molecule has 1 amide bonds. The Bertz CT molecular complexity index is 978. The summed E-state index contributed by atoms with van der Waals surface area (Å²) >= 11 is 5.84. The highest BCUT2D eigenvalue weighted by Crippen LogP contribution is 2.18. The number of amides is 1. The molecule has 26 heavy (non-hydrogen) atoms. The van der Waals surface area contributed by atoms with E-state index >= 15 is 0 Å². The van der Waals surface area contributed by atoms with Crippen LogP contribution in [0.25, 0.3) is 0 Å². The predicted molar refractivity (Wildman–Crippen MR) is 101 cm³/mol.